The number of hydrogen-bond acceptors (Lipinski definition) is 3. The molecule has 3 heteroatoms. The van der Waals surface area contributed by atoms with Gasteiger partial charge in [0.2, 0.25) is 0 Å². The molecule has 3 aliphatic rings. The van der Waals surface area contributed by atoms with Gasteiger partial charge in [-0.1, -0.05) is 25.6 Å². The maximum absolute atomic E-state index is 4.60. The number of aliphatic imine (C=N–C) groups is 1. The van der Waals surface area contributed by atoms with Crippen LogP contribution in [0.3, 0.4) is 0 Å². The van der Waals surface area contributed by atoms with E-state index in [1.54, 1.807) is 11.8 Å². The fourth-order valence-corrected chi connectivity index (χ4v) is 3.35. The second kappa shape index (κ2) is 3.81. The minimum Gasteiger partial charge on any atom is -0.299 e. The maximum atomic E-state index is 4.60. The van der Waals surface area contributed by atoms with Crippen molar-refractivity contribution in [3.63, 3.8) is 0 Å². The Bertz CT molecular complexity index is 441. The molecular weight excluding hydrogens is 216 g/mol. The van der Waals surface area contributed by atoms with Gasteiger partial charge in [0.1, 0.15) is 0 Å². The Hall–Kier alpha value is -0.960. The van der Waals surface area contributed by atoms with Crippen molar-refractivity contribution in [2.45, 2.75) is 33.1 Å². The van der Waals surface area contributed by atoms with Gasteiger partial charge in [-0.25, -0.2) is 4.99 Å². The van der Waals surface area contributed by atoms with Crippen molar-refractivity contribution in [3.05, 3.63) is 34.7 Å². The second-order valence-electron chi connectivity index (χ2n) is 4.76. The third-order valence-electron chi connectivity index (χ3n) is 3.28. The van der Waals surface area contributed by atoms with Crippen LogP contribution in [0, 0.1) is 5.92 Å². The molecule has 2 aliphatic heterocycles. The van der Waals surface area contributed by atoms with Crippen LogP contribution < -0.4 is 0 Å². The fraction of sp³-hybridized carbons (Fsp3) is 0.462. The maximum Gasteiger partial charge on any atom is 0.176 e. The van der Waals surface area contributed by atoms with Crippen LogP contribution in [0.4, 0.5) is 0 Å². The molecule has 3 rings (SSSR count). The first kappa shape index (κ1) is 10.2. The fourth-order valence-electron chi connectivity index (χ4n) is 2.35. The largest absolute Gasteiger partial charge is 0.299 e. The van der Waals surface area contributed by atoms with Gasteiger partial charge in [-0.2, -0.15) is 0 Å². The molecule has 0 saturated heterocycles. The lowest BCUT2D eigenvalue weighted by Crippen LogP contribution is -2.20. The van der Waals surface area contributed by atoms with Gasteiger partial charge in [0.15, 0.2) is 5.17 Å². The van der Waals surface area contributed by atoms with E-state index >= 15 is 0 Å². The van der Waals surface area contributed by atoms with Crippen molar-refractivity contribution in [1.29, 1.82) is 0 Å². The molecule has 1 aliphatic carbocycles. The predicted molar refractivity (Wildman–Crippen MR) is 69.8 cm³/mol. The van der Waals surface area contributed by atoms with E-state index in [4.69, 9.17) is 0 Å². The van der Waals surface area contributed by atoms with Gasteiger partial charge in [-0.05, 0) is 41.7 Å². The van der Waals surface area contributed by atoms with Crippen LogP contribution in [0.15, 0.2) is 39.6 Å². The Morgan fingerprint density at radius 3 is 2.94 bits per heavy atom. The number of allylic oxidation sites excluding steroid dienone is 3. The smallest absolute Gasteiger partial charge is 0.176 e. The molecule has 0 radical (unpaired) electrons. The van der Waals surface area contributed by atoms with E-state index in [1.165, 1.54) is 36.1 Å². The summed E-state index contributed by atoms with van der Waals surface area (Å²) in [5, 5.41) is 3.34. The van der Waals surface area contributed by atoms with Crippen LogP contribution in [-0.4, -0.2) is 10.1 Å². The van der Waals surface area contributed by atoms with Gasteiger partial charge in [0.05, 0.1) is 0 Å². The summed E-state index contributed by atoms with van der Waals surface area (Å²) in [7, 11) is 0. The van der Waals surface area contributed by atoms with E-state index in [-0.39, 0.29) is 0 Å². The number of fused-ring (bicyclic) bond motifs is 2. The molecule has 0 aromatic rings. The van der Waals surface area contributed by atoms with Gasteiger partial charge in [-0.3, -0.25) is 4.90 Å². The Kier molecular flexibility index (Phi) is 2.43. The summed E-state index contributed by atoms with van der Waals surface area (Å²) in [6, 6.07) is 0. The number of amidine groups is 1. The zero-order valence-corrected chi connectivity index (χ0v) is 10.5. The first-order valence-corrected chi connectivity index (χ1v) is 6.77. The highest BCUT2D eigenvalue weighted by atomic mass is 32.2. The predicted octanol–water partition coefficient (Wildman–Crippen LogP) is 3.85. The summed E-state index contributed by atoms with van der Waals surface area (Å²) < 4.78 is 0. The van der Waals surface area contributed by atoms with Crippen LogP contribution in [0.5, 0.6) is 0 Å². The summed E-state index contributed by atoms with van der Waals surface area (Å²) in [6.07, 6.45) is 8.06. The summed E-state index contributed by atoms with van der Waals surface area (Å²) in [6.45, 7) is 4.48. The van der Waals surface area contributed by atoms with E-state index in [9.17, 15) is 0 Å². The van der Waals surface area contributed by atoms with Crippen molar-refractivity contribution in [1.82, 2.24) is 4.90 Å². The van der Waals surface area contributed by atoms with Crippen molar-refractivity contribution in [2.24, 2.45) is 10.9 Å². The highest BCUT2D eigenvalue weighted by Crippen LogP contribution is 2.38. The molecule has 0 spiro atoms. The van der Waals surface area contributed by atoms with Gasteiger partial charge < -0.3 is 0 Å². The summed E-state index contributed by atoms with van der Waals surface area (Å²) in [5.74, 6) is 0.556. The van der Waals surface area contributed by atoms with Gasteiger partial charge >= 0.3 is 0 Å². The lowest BCUT2D eigenvalue weighted by atomic mass is 10.1. The summed E-state index contributed by atoms with van der Waals surface area (Å²) in [4.78, 5) is 6.88. The molecule has 0 aromatic carbocycles. The molecule has 0 N–H and O–H groups in total. The highest BCUT2D eigenvalue weighted by molar-refractivity contribution is 8.16. The van der Waals surface area contributed by atoms with Gasteiger partial charge in [0, 0.05) is 18.1 Å². The van der Waals surface area contributed by atoms with Gasteiger partial charge in [0.25, 0.3) is 0 Å². The number of thioether (sulfide) groups is 1. The quantitative estimate of drug-likeness (QED) is 0.682. The van der Waals surface area contributed by atoms with E-state index in [2.05, 4.69) is 41.5 Å². The van der Waals surface area contributed by atoms with E-state index in [1.807, 2.05) is 0 Å². The number of rotatable bonds is 1. The molecule has 84 valence electrons. The number of hydrogen-bond donors (Lipinski definition) is 0. The monoisotopic (exact) mass is 232 g/mol. The van der Waals surface area contributed by atoms with Crippen LogP contribution in [0.2, 0.25) is 0 Å². The zero-order valence-electron chi connectivity index (χ0n) is 9.73. The lowest BCUT2D eigenvalue weighted by Gasteiger charge is -2.20. The topological polar surface area (TPSA) is 15.6 Å². The third-order valence-corrected chi connectivity index (χ3v) is 4.15. The Morgan fingerprint density at radius 2 is 2.12 bits per heavy atom. The van der Waals surface area contributed by atoms with Crippen LogP contribution in [0.25, 0.3) is 0 Å². The molecule has 16 heavy (non-hydrogen) atoms. The second-order valence-corrected chi connectivity index (χ2v) is 5.60. The van der Waals surface area contributed by atoms with E-state index in [0.29, 0.717) is 5.92 Å². The van der Waals surface area contributed by atoms with Crippen LogP contribution in [0.1, 0.15) is 33.1 Å². The van der Waals surface area contributed by atoms with Crippen molar-refractivity contribution in [2.75, 3.05) is 0 Å². The molecular formula is C13H16N2S. The third kappa shape index (κ3) is 1.54. The first-order chi connectivity index (χ1) is 7.75. The lowest BCUT2D eigenvalue weighted by molar-refractivity contribution is 0.576. The van der Waals surface area contributed by atoms with Crippen molar-refractivity contribution < 1.29 is 0 Å². The van der Waals surface area contributed by atoms with Crippen molar-refractivity contribution in [3.8, 4) is 0 Å². The molecule has 1 saturated carbocycles. The SMILES string of the molecule is CC(C)C1=CSC2=NC=C3CCCC3=CN12. The zero-order chi connectivity index (χ0) is 11.1. The van der Waals surface area contributed by atoms with Crippen LogP contribution >= 0.6 is 11.8 Å². The Labute approximate surface area is 101 Å². The molecule has 1 fully saturated rings. The minimum absolute atomic E-state index is 0.556. The average molecular weight is 232 g/mol. The average Bonchev–Trinajstić information content (AvgIpc) is 2.81. The van der Waals surface area contributed by atoms with Gasteiger partial charge in [-0.15, -0.1) is 0 Å². The molecule has 0 unspecified atom stereocenters. The standard InChI is InChI=1S/C13H16N2S/c1-9(2)12-8-16-13-14-6-10-4-3-5-11(10)7-15(12)13/h6-9H,3-5H2,1-2H3. The molecule has 2 nitrogen and oxygen atoms in total. The molecule has 0 amide bonds. The number of nitrogens with zero attached hydrogens (tertiary/aromatic N) is 2. The Balaban J connectivity index is 2.00. The van der Waals surface area contributed by atoms with E-state index < -0.39 is 0 Å². The molecule has 0 aromatic heterocycles. The molecule has 0 bridgehead atoms. The normalized spacial score (nSPS) is 23.3. The van der Waals surface area contributed by atoms with Crippen LogP contribution in [-0.2, 0) is 0 Å². The Morgan fingerprint density at radius 1 is 1.31 bits per heavy atom. The minimum atomic E-state index is 0.556. The highest BCUT2D eigenvalue weighted by Gasteiger charge is 2.26. The van der Waals surface area contributed by atoms with Crippen molar-refractivity contribution >= 4 is 16.9 Å². The molecule has 0 atom stereocenters. The first-order valence-electron chi connectivity index (χ1n) is 5.89. The summed E-state index contributed by atoms with van der Waals surface area (Å²) in [5.41, 5.74) is 4.29. The van der Waals surface area contributed by atoms with E-state index in [0.717, 1.165) is 5.17 Å². The summed E-state index contributed by atoms with van der Waals surface area (Å²) >= 11 is 1.74. The molecule has 2 heterocycles.